The molecule has 0 aromatic heterocycles. The molecule has 0 radical (unpaired) electrons. The minimum absolute atomic E-state index is 0.0660. The zero-order chi connectivity index (χ0) is 17.7. The zero-order valence-corrected chi connectivity index (χ0v) is 14.4. The quantitative estimate of drug-likeness (QED) is 0.717. The second kappa shape index (κ2) is 7.70. The first kappa shape index (κ1) is 18.3. The monoisotopic (exact) mass is 401 g/mol. The maximum Gasteiger partial charge on any atom is 0.416 e. The molecule has 3 nitrogen and oxygen atoms in total. The van der Waals surface area contributed by atoms with Gasteiger partial charge in [-0.05, 0) is 42.8 Å². The van der Waals surface area contributed by atoms with Crippen LogP contribution in [0.2, 0.25) is 0 Å². The molecule has 1 N–H and O–H groups in total. The average molecular weight is 402 g/mol. The van der Waals surface area contributed by atoms with Crippen LogP contribution in [0.25, 0.3) is 0 Å². The van der Waals surface area contributed by atoms with E-state index in [2.05, 4.69) is 21.2 Å². The molecule has 0 atom stereocenters. The molecule has 0 fully saturated rings. The summed E-state index contributed by atoms with van der Waals surface area (Å²) in [4.78, 5) is 12.4. The molecule has 0 aliphatic heterocycles. The molecule has 1 amide bonds. The predicted molar refractivity (Wildman–Crippen MR) is 89.3 cm³/mol. The van der Waals surface area contributed by atoms with Gasteiger partial charge in [-0.2, -0.15) is 13.2 Å². The van der Waals surface area contributed by atoms with Crippen molar-refractivity contribution in [3.8, 4) is 5.75 Å². The van der Waals surface area contributed by atoms with E-state index in [0.29, 0.717) is 16.8 Å². The molecule has 2 aromatic rings. The third-order valence-corrected chi connectivity index (χ3v) is 3.59. The molecule has 24 heavy (non-hydrogen) atoms. The van der Waals surface area contributed by atoms with E-state index in [1.807, 2.05) is 6.92 Å². The first-order valence-corrected chi connectivity index (χ1v) is 8.01. The molecule has 0 heterocycles. The van der Waals surface area contributed by atoms with Gasteiger partial charge in [0.2, 0.25) is 0 Å². The number of carbonyl (C=O) groups excluding carboxylic acids is 1. The number of hydrogen-bond donors (Lipinski definition) is 1. The van der Waals surface area contributed by atoms with Crippen molar-refractivity contribution in [2.24, 2.45) is 0 Å². The first-order valence-electron chi connectivity index (χ1n) is 7.22. The Hall–Kier alpha value is -2.02. The summed E-state index contributed by atoms with van der Waals surface area (Å²) in [5.41, 5.74) is -0.511. The van der Waals surface area contributed by atoms with Crippen molar-refractivity contribution in [1.29, 1.82) is 0 Å². The highest BCUT2D eigenvalue weighted by molar-refractivity contribution is 9.10. The van der Waals surface area contributed by atoms with Gasteiger partial charge >= 0.3 is 6.18 Å². The highest BCUT2D eigenvalue weighted by Gasteiger charge is 2.30. The molecule has 0 unspecified atom stereocenters. The largest absolute Gasteiger partial charge is 0.493 e. The molecule has 0 aliphatic rings. The van der Waals surface area contributed by atoms with Gasteiger partial charge in [-0.25, -0.2) is 0 Å². The Morgan fingerprint density at radius 3 is 2.62 bits per heavy atom. The Labute approximate surface area is 146 Å². The van der Waals surface area contributed by atoms with Crippen LogP contribution >= 0.6 is 15.9 Å². The van der Waals surface area contributed by atoms with E-state index in [1.165, 1.54) is 12.1 Å². The van der Waals surface area contributed by atoms with E-state index in [-0.39, 0.29) is 11.3 Å². The average Bonchev–Trinajstić information content (AvgIpc) is 2.53. The van der Waals surface area contributed by atoms with Gasteiger partial charge in [0.25, 0.3) is 5.91 Å². The van der Waals surface area contributed by atoms with Crippen LogP contribution in [-0.4, -0.2) is 12.5 Å². The minimum atomic E-state index is -4.47. The Bertz CT molecular complexity index is 732. The van der Waals surface area contributed by atoms with Crippen LogP contribution < -0.4 is 10.1 Å². The number of carbonyl (C=O) groups is 1. The van der Waals surface area contributed by atoms with Crippen LogP contribution in [0, 0.1) is 0 Å². The number of ether oxygens (including phenoxy) is 1. The summed E-state index contributed by atoms with van der Waals surface area (Å²) in [6, 6.07) is 9.42. The molecule has 0 saturated carbocycles. The highest BCUT2D eigenvalue weighted by atomic mass is 79.9. The van der Waals surface area contributed by atoms with Crippen LogP contribution in [0.1, 0.15) is 29.3 Å². The van der Waals surface area contributed by atoms with Crippen molar-refractivity contribution >= 4 is 27.5 Å². The Kier molecular flexibility index (Phi) is 5.88. The molecule has 0 spiro atoms. The van der Waals surface area contributed by atoms with Gasteiger partial charge in [0.05, 0.1) is 17.7 Å². The minimum Gasteiger partial charge on any atom is -0.493 e. The van der Waals surface area contributed by atoms with Crippen LogP contribution in [0.5, 0.6) is 5.75 Å². The van der Waals surface area contributed by atoms with Gasteiger partial charge in [-0.1, -0.05) is 28.9 Å². The zero-order valence-electron chi connectivity index (χ0n) is 12.8. The summed E-state index contributed by atoms with van der Waals surface area (Å²) in [6.07, 6.45) is -3.70. The summed E-state index contributed by atoms with van der Waals surface area (Å²) in [5.74, 6) is -0.161. The van der Waals surface area contributed by atoms with Crippen LogP contribution in [0.15, 0.2) is 46.9 Å². The van der Waals surface area contributed by atoms with Gasteiger partial charge < -0.3 is 10.1 Å². The molecular formula is C17H15BrF3NO2. The molecule has 0 aliphatic carbocycles. The lowest BCUT2D eigenvalue weighted by Gasteiger charge is -2.13. The van der Waals surface area contributed by atoms with Crippen molar-refractivity contribution in [2.75, 3.05) is 11.9 Å². The summed E-state index contributed by atoms with van der Waals surface area (Å²) >= 11 is 3.27. The maximum absolute atomic E-state index is 12.7. The molecule has 7 heteroatoms. The van der Waals surface area contributed by atoms with Crippen molar-refractivity contribution in [2.45, 2.75) is 19.5 Å². The Balaban J connectivity index is 2.25. The number of benzene rings is 2. The summed E-state index contributed by atoms with van der Waals surface area (Å²) in [6.45, 7) is 2.37. The molecule has 128 valence electrons. The third kappa shape index (κ3) is 4.74. The van der Waals surface area contributed by atoms with Gasteiger partial charge in [-0.15, -0.1) is 0 Å². The SMILES string of the molecule is CCCOc1ccc(Br)cc1C(=O)Nc1cccc(C(F)(F)F)c1. The van der Waals surface area contributed by atoms with Gasteiger partial charge in [-0.3, -0.25) is 4.79 Å². The third-order valence-electron chi connectivity index (χ3n) is 3.10. The number of halogens is 4. The fourth-order valence-electron chi connectivity index (χ4n) is 1.99. The lowest BCUT2D eigenvalue weighted by molar-refractivity contribution is -0.137. The van der Waals surface area contributed by atoms with E-state index >= 15 is 0 Å². The van der Waals surface area contributed by atoms with Crippen LogP contribution in [0.3, 0.4) is 0 Å². The van der Waals surface area contributed by atoms with Crippen LogP contribution in [-0.2, 0) is 6.18 Å². The van der Waals surface area contributed by atoms with E-state index in [4.69, 9.17) is 4.74 Å². The predicted octanol–water partition coefficient (Wildman–Crippen LogP) is 5.51. The van der Waals surface area contributed by atoms with E-state index in [0.717, 1.165) is 18.6 Å². The number of alkyl halides is 3. The highest BCUT2D eigenvalue weighted by Crippen LogP contribution is 2.31. The second-order valence-corrected chi connectivity index (χ2v) is 5.94. The lowest BCUT2D eigenvalue weighted by atomic mass is 10.1. The fraction of sp³-hybridized carbons (Fsp3) is 0.235. The number of anilines is 1. The van der Waals surface area contributed by atoms with E-state index < -0.39 is 17.6 Å². The number of nitrogens with one attached hydrogen (secondary N) is 1. The van der Waals surface area contributed by atoms with Crippen LogP contribution in [0.4, 0.5) is 18.9 Å². The number of rotatable bonds is 5. The van der Waals surface area contributed by atoms with Crippen molar-refractivity contribution in [1.82, 2.24) is 0 Å². The standard InChI is InChI=1S/C17H15BrF3NO2/c1-2-8-24-15-7-6-12(18)10-14(15)16(23)22-13-5-3-4-11(9-13)17(19,20)21/h3-7,9-10H,2,8H2,1H3,(H,22,23). The Morgan fingerprint density at radius 2 is 1.96 bits per heavy atom. The van der Waals surface area contributed by atoms with E-state index in [9.17, 15) is 18.0 Å². The smallest absolute Gasteiger partial charge is 0.416 e. The molecule has 0 saturated heterocycles. The number of hydrogen-bond acceptors (Lipinski definition) is 2. The van der Waals surface area contributed by atoms with Gasteiger partial charge in [0.1, 0.15) is 5.75 Å². The summed E-state index contributed by atoms with van der Waals surface area (Å²) in [5, 5.41) is 2.47. The van der Waals surface area contributed by atoms with Crippen molar-refractivity contribution in [3.05, 3.63) is 58.1 Å². The maximum atomic E-state index is 12.7. The molecule has 0 bridgehead atoms. The van der Waals surface area contributed by atoms with Gasteiger partial charge in [0, 0.05) is 10.2 Å². The fourth-order valence-corrected chi connectivity index (χ4v) is 2.35. The summed E-state index contributed by atoms with van der Waals surface area (Å²) < 4.78 is 44.4. The van der Waals surface area contributed by atoms with E-state index in [1.54, 1.807) is 18.2 Å². The van der Waals surface area contributed by atoms with Gasteiger partial charge in [0.15, 0.2) is 0 Å². The van der Waals surface area contributed by atoms with Crippen molar-refractivity contribution in [3.63, 3.8) is 0 Å². The molecule has 2 rings (SSSR count). The topological polar surface area (TPSA) is 38.3 Å². The Morgan fingerprint density at radius 1 is 1.21 bits per heavy atom. The summed E-state index contributed by atoms with van der Waals surface area (Å²) in [7, 11) is 0. The normalized spacial score (nSPS) is 11.2. The number of amides is 1. The molecule has 2 aromatic carbocycles. The first-order chi connectivity index (χ1) is 11.3. The van der Waals surface area contributed by atoms with Crippen molar-refractivity contribution < 1.29 is 22.7 Å². The second-order valence-electron chi connectivity index (χ2n) is 5.02. The molecular weight excluding hydrogens is 387 g/mol. The lowest BCUT2D eigenvalue weighted by Crippen LogP contribution is -2.15.